The van der Waals surface area contributed by atoms with E-state index in [0.717, 1.165) is 16.9 Å². The van der Waals surface area contributed by atoms with Crippen molar-refractivity contribution < 1.29 is 9.47 Å². The Morgan fingerprint density at radius 1 is 1.50 bits per heavy atom. The maximum absolute atomic E-state index is 8.63. The molecule has 2 rings (SSSR count). The number of ether oxygens (including phenoxy) is 2. The third kappa shape index (κ3) is 1.67. The summed E-state index contributed by atoms with van der Waals surface area (Å²) in [5.74, 6) is 0.752. The summed E-state index contributed by atoms with van der Waals surface area (Å²) < 4.78 is 10.5. The number of fused-ring (bicyclic) bond motifs is 1. The van der Waals surface area contributed by atoms with Crippen molar-refractivity contribution in [3.05, 3.63) is 28.3 Å². The van der Waals surface area contributed by atoms with Gasteiger partial charge < -0.3 is 9.47 Å². The van der Waals surface area contributed by atoms with Gasteiger partial charge in [-0.1, -0.05) is 11.6 Å². The summed E-state index contributed by atoms with van der Waals surface area (Å²) >= 11 is 5.90. The number of hydrogen-bond acceptors (Lipinski definition) is 3. The number of hydrogen-bond donors (Lipinski definition) is 0. The molecule has 1 aliphatic heterocycles. The maximum Gasteiger partial charge on any atom is 0.189 e. The van der Waals surface area contributed by atoms with Gasteiger partial charge in [0.2, 0.25) is 0 Å². The standard InChI is InChI=1S/C10H8ClNO2/c11-9-3-7(1-2-12)10-8(4-9)5-13-6-14-10/h3-4H,1,5-6H2. The number of halogens is 1. The van der Waals surface area contributed by atoms with E-state index in [1.807, 2.05) is 0 Å². The summed E-state index contributed by atoms with van der Waals surface area (Å²) in [6.45, 7) is 0.737. The molecule has 1 aromatic carbocycles. The minimum Gasteiger partial charge on any atom is -0.467 e. The number of rotatable bonds is 1. The highest BCUT2D eigenvalue weighted by molar-refractivity contribution is 6.30. The number of nitriles is 1. The van der Waals surface area contributed by atoms with Crippen LogP contribution in [0.25, 0.3) is 0 Å². The van der Waals surface area contributed by atoms with Gasteiger partial charge in [-0.05, 0) is 12.1 Å². The van der Waals surface area contributed by atoms with Gasteiger partial charge in [0.15, 0.2) is 6.79 Å². The van der Waals surface area contributed by atoms with Crippen molar-refractivity contribution in [2.24, 2.45) is 0 Å². The van der Waals surface area contributed by atoms with Gasteiger partial charge in [-0.15, -0.1) is 0 Å². The van der Waals surface area contributed by atoms with Gasteiger partial charge in [0.1, 0.15) is 5.75 Å². The van der Waals surface area contributed by atoms with Crippen molar-refractivity contribution in [1.29, 1.82) is 5.26 Å². The molecule has 0 bridgehead atoms. The molecule has 4 heteroatoms. The second-order valence-corrected chi connectivity index (χ2v) is 3.44. The monoisotopic (exact) mass is 209 g/mol. The second kappa shape index (κ2) is 3.87. The van der Waals surface area contributed by atoms with Crippen LogP contribution in [0.15, 0.2) is 12.1 Å². The summed E-state index contributed by atoms with van der Waals surface area (Å²) in [7, 11) is 0. The lowest BCUT2D eigenvalue weighted by Crippen LogP contribution is -2.13. The highest BCUT2D eigenvalue weighted by Crippen LogP contribution is 2.31. The molecule has 0 fully saturated rings. The van der Waals surface area contributed by atoms with E-state index >= 15 is 0 Å². The molecule has 1 aromatic rings. The van der Waals surface area contributed by atoms with Crippen molar-refractivity contribution in [2.45, 2.75) is 13.0 Å². The number of benzene rings is 1. The van der Waals surface area contributed by atoms with Crippen molar-refractivity contribution >= 4 is 11.6 Å². The fourth-order valence-electron chi connectivity index (χ4n) is 1.47. The van der Waals surface area contributed by atoms with Crippen LogP contribution in [0.5, 0.6) is 5.75 Å². The molecular weight excluding hydrogens is 202 g/mol. The molecule has 72 valence electrons. The van der Waals surface area contributed by atoms with Crippen molar-refractivity contribution in [1.82, 2.24) is 0 Å². The van der Waals surface area contributed by atoms with Gasteiger partial charge in [-0.25, -0.2) is 0 Å². The Bertz CT molecular complexity index is 398. The molecule has 0 saturated heterocycles. The van der Waals surface area contributed by atoms with E-state index in [4.69, 9.17) is 26.3 Å². The van der Waals surface area contributed by atoms with Gasteiger partial charge >= 0.3 is 0 Å². The zero-order valence-corrected chi connectivity index (χ0v) is 8.17. The van der Waals surface area contributed by atoms with Gasteiger partial charge in [0, 0.05) is 16.1 Å². The second-order valence-electron chi connectivity index (χ2n) is 3.00. The first-order valence-electron chi connectivity index (χ1n) is 4.20. The van der Waals surface area contributed by atoms with E-state index in [-0.39, 0.29) is 6.79 Å². The topological polar surface area (TPSA) is 42.2 Å². The predicted molar refractivity (Wildman–Crippen MR) is 51.1 cm³/mol. The lowest BCUT2D eigenvalue weighted by Gasteiger charge is -2.20. The fraction of sp³-hybridized carbons (Fsp3) is 0.300. The summed E-state index contributed by atoms with van der Waals surface area (Å²) in [6, 6.07) is 5.64. The average Bonchev–Trinajstić information content (AvgIpc) is 2.18. The Balaban J connectivity index is 2.48. The molecule has 0 aliphatic carbocycles. The molecule has 0 radical (unpaired) electrons. The largest absolute Gasteiger partial charge is 0.467 e. The van der Waals surface area contributed by atoms with Crippen LogP contribution in [-0.4, -0.2) is 6.79 Å². The molecule has 0 aromatic heterocycles. The molecule has 0 spiro atoms. The Morgan fingerprint density at radius 3 is 3.14 bits per heavy atom. The third-order valence-corrected chi connectivity index (χ3v) is 2.24. The predicted octanol–water partition coefficient (Wildman–Crippen LogP) is 2.27. The molecule has 14 heavy (non-hydrogen) atoms. The van der Waals surface area contributed by atoms with Crippen LogP contribution in [0.2, 0.25) is 5.02 Å². The zero-order valence-electron chi connectivity index (χ0n) is 7.42. The normalized spacial score (nSPS) is 14.0. The van der Waals surface area contributed by atoms with E-state index in [1.165, 1.54) is 0 Å². The van der Waals surface area contributed by atoms with Gasteiger partial charge in [-0.2, -0.15) is 5.26 Å². The molecule has 0 unspecified atom stereocenters. The first-order chi connectivity index (χ1) is 6.81. The smallest absolute Gasteiger partial charge is 0.189 e. The first kappa shape index (κ1) is 9.32. The Kier molecular flexibility index (Phi) is 2.58. The highest BCUT2D eigenvalue weighted by Gasteiger charge is 2.15. The SMILES string of the molecule is N#CCc1cc(Cl)cc2c1OCOC2. The van der Waals surface area contributed by atoms with E-state index in [2.05, 4.69) is 6.07 Å². The van der Waals surface area contributed by atoms with E-state index in [0.29, 0.717) is 18.1 Å². The van der Waals surface area contributed by atoms with Crippen LogP contribution in [0.4, 0.5) is 0 Å². The number of nitrogens with zero attached hydrogens (tertiary/aromatic N) is 1. The highest BCUT2D eigenvalue weighted by atomic mass is 35.5. The zero-order chi connectivity index (χ0) is 9.97. The van der Waals surface area contributed by atoms with Crippen LogP contribution in [0.1, 0.15) is 11.1 Å². The molecule has 1 aliphatic rings. The van der Waals surface area contributed by atoms with Crippen molar-refractivity contribution in [3.8, 4) is 11.8 Å². The molecule has 0 saturated carbocycles. The Hall–Kier alpha value is -1.24. The Morgan fingerprint density at radius 2 is 2.36 bits per heavy atom. The molecular formula is C10H8ClNO2. The van der Waals surface area contributed by atoms with Crippen LogP contribution >= 0.6 is 11.6 Å². The molecule has 0 amide bonds. The first-order valence-corrected chi connectivity index (χ1v) is 4.58. The van der Waals surface area contributed by atoms with Crippen LogP contribution in [0, 0.1) is 11.3 Å². The van der Waals surface area contributed by atoms with E-state index in [1.54, 1.807) is 12.1 Å². The summed E-state index contributed by atoms with van der Waals surface area (Å²) in [6.07, 6.45) is 0.308. The minimum atomic E-state index is 0.243. The maximum atomic E-state index is 8.63. The van der Waals surface area contributed by atoms with Crippen LogP contribution in [0.3, 0.4) is 0 Å². The molecule has 1 heterocycles. The van der Waals surface area contributed by atoms with Crippen molar-refractivity contribution in [2.75, 3.05) is 6.79 Å². The summed E-state index contributed by atoms with van der Waals surface area (Å²) in [5, 5.41) is 9.25. The minimum absolute atomic E-state index is 0.243. The summed E-state index contributed by atoms with van der Waals surface area (Å²) in [5.41, 5.74) is 1.74. The lowest BCUT2D eigenvalue weighted by molar-refractivity contribution is -0.0169. The van der Waals surface area contributed by atoms with Crippen LogP contribution in [-0.2, 0) is 17.8 Å². The van der Waals surface area contributed by atoms with Gasteiger partial charge in [-0.3, -0.25) is 0 Å². The lowest BCUT2D eigenvalue weighted by atomic mass is 10.1. The van der Waals surface area contributed by atoms with E-state index < -0.39 is 0 Å². The van der Waals surface area contributed by atoms with Crippen molar-refractivity contribution in [3.63, 3.8) is 0 Å². The van der Waals surface area contributed by atoms with E-state index in [9.17, 15) is 0 Å². The molecule has 0 atom stereocenters. The quantitative estimate of drug-likeness (QED) is 0.713. The average molecular weight is 210 g/mol. The van der Waals surface area contributed by atoms with Gasteiger partial charge in [0.05, 0.1) is 19.1 Å². The summed E-state index contributed by atoms with van der Waals surface area (Å²) in [4.78, 5) is 0. The molecule has 0 N–H and O–H groups in total. The van der Waals surface area contributed by atoms with Crippen LogP contribution < -0.4 is 4.74 Å². The Labute approximate surface area is 86.8 Å². The van der Waals surface area contributed by atoms with Gasteiger partial charge in [0.25, 0.3) is 0 Å². The third-order valence-electron chi connectivity index (χ3n) is 2.02. The fourth-order valence-corrected chi connectivity index (χ4v) is 1.74. The molecule has 3 nitrogen and oxygen atoms in total.